The number of nitrogens with one attached hydrogen (secondary N) is 2. The zero-order chi connectivity index (χ0) is 22.4. The number of aryl methyl sites for hydroxylation is 1. The first kappa shape index (κ1) is 22.1. The average molecular weight is 437 g/mol. The Kier molecular flexibility index (Phi) is 6.77. The molecule has 0 saturated heterocycles. The Morgan fingerprint density at radius 2 is 1.77 bits per heavy atom. The monoisotopic (exact) mass is 436 g/mol. The predicted molar refractivity (Wildman–Crippen MR) is 123 cm³/mol. The molecule has 160 valence electrons. The number of hydrogen-bond acceptors (Lipinski definition) is 4. The summed E-state index contributed by atoms with van der Waals surface area (Å²) in [5.41, 5.74) is 3.25. The summed E-state index contributed by atoms with van der Waals surface area (Å²) in [6, 6.07) is 18.3. The van der Waals surface area contributed by atoms with Gasteiger partial charge in [0.25, 0.3) is 15.9 Å². The van der Waals surface area contributed by atoms with E-state index in [0.29, 0.717) is 29.1 Å². The Morgan fingerprint density at radius 1 is 1.03 bits per heavy atom. The highest BCUT2D eigenvalue weighted by Crippen LogP contribution is 2.23. The van der Waals surface area contributed by atoms with Crippen molar-refractivity contribution in [3.8, 4) is 5.75 Å². The summed E-state index contributed by atoms with van der Waals surface area (Å²) in [6.45, 7) is 5.61. The van der Waals surface area contributed by atoms with Crippen molar-refractivity contribution in [1.29, 1.82) is 0 Å². The molecule has 0 atom stereocenters. The van der Waals surface area contributed by atoms with Crippen LogP contribution in [0.2, 0.25) is 0 Å². The van der Waals surface area contributed by atoms with Crippen molar-refractivity contribution in [2.24, 2.45) is 0 Å². The summed E-state index contributed by atoms with van der Waals surface area (Å²) in [5, 5.41) is 2.78. The van der Waals surface area contributed by atoms with E-state index >= 15 is 0 Å². The summed E-state index contributed by atoms with van der Waals surface area (Å²) < 4.78 is 33.1. The normalized spacial score (nSPS) is 10.9. The van der Waals surface area contributed by atoms with Crippen molar-refractivity contribution in [1.82, 2.24) is 0 Å². The molecular weight excluding hydrogens is 412 g/mol. The smallest absolute Gasteiger partial charge is 0.261 e. The van der Waals surface area contributed by atoms with Crippen molar-refractivity contribution in [2.75, 3.05) is 17.1 Å². The maximum absolute atomic E-state index is 12.6. The molecule has 1 amide bonds. The molecule has 0 aliphatic carbocycles. The third-order valence-electron chi connectivity index (χ3n) is 4.60. The van der Waals surface area contributed by atoms with Gasteiger partial charge in [-0.1, -0.05) is 18.2 Å². The fraction of sp³-hybridized carbons (Fsp3) is 0.125. The van der Waals surface area contributed by atoms with E-state index in [0.717, 1.165) is 11.1 Å². The number of benzene rings is 3. The highest BCUT2D eigenvalue weighted by molar-refractivity contribution is 7.92. The first-order valence-corrected chi connectivity index (χ1v) is 11.1. The summed E-state index contributed by atoms with van der Waals surface area (Å²) >= 11 is 0. The highest BCUT2D eigenvalue weighted by Gasteiger charge is 2.15. The molecule has 7 heteroatoms. The number of amides is 1. The van der Waals surface area contributed by atoms with Crippen LogP contribution < -0.4 is 14.8 Å². The molecule has 0 radical (unpaired) electrons. The van der Waals surface area contributed by atoms with Crippen LogP contribution in [0.5, 0.6) is 5.75 Å². The first-order valence-electron chi connectivity index (χ1n) is 9.61. The third-order valence-corrected chi connectivity index (χ3v) is 6.00. The lowest BCUT2D eigenvalue weighted by atomic mass is 10.1. The van der Waals surface area contributed by atoms with Gasteiger partial charge in [0.1, 0.15) is 5.75 Å². The summed E-state index contributed by atoms with van der Waals surface area (Å²) in [4.78, 5) is 12.7. The van der Waals surface area contributed by atoms with Gasteiger partial charge in [-0.3, -0.25) is 9.52 Å². The van der Waals surface area contributed by atoms with E-state index in [1.165, 1.54) is 12.1 Å². The molecule has 3 rings (SSSR count). The lowest BCUT2D eigenvalue weighted by Crippen LogP contribution is -2.14. The van der Waals surface area contributed by atoms with E-state index in [1.54, 1.807) is 61.7 Å². The van der Waals surface area contributed by atoms with Crippen molar-refractivity contribution in [2.45, 2.75) is 18.2 Å². The zero-order valence-electron chi connectivity index (χ0n) is 17.4. The molecule has 0 saturated carbocycles. The topological polar surface area (TPSA) is 84.5 Å². The molecule has 0 unspecified atom stereocenters. The van der Waals surface area contributed by atoms with Gasteiger partial charge in [0, 0.05) is 16.9 Å². The average Bonchev–Trinajstić information content (AvgIpc) is 2.74. The third kappa shape index (κ3) is 5.52. The molecule has 0 aliphatic rings. The molecule has 3 aromatic rings. The maximum Gasteiger partial charge on any atom is 0.261 e. The molecule has 6 nitrogen and oxygen atoms in total. The number of ether oxygens (including phenoxy) is 1. The van der Waals surface area contributed by atoms with Gasteiger partial charge in [0.2, 0.25) is 0 Å². The summed E-state index contributed by atoms with van der Waals surface area (Å²) in [5.74, 6) is 0.383. The largest absolute Gasteiger partial charge is 0.496 e. The molecule has 0 aromatic heterocycles. The van der Waals surface area contributed by atoms with Gasteiger partial charge in [0.15, 0.2) is 0 Å². The van der Waals surface area contributed by atoms with Crippen molar-refractivity contribution >= 4 is 27.3 Å². The molecule has 0 fully saturated rings. The standard InChI is InChI=1S/C24H24N2O4S/c1-4-6-18-16-19(9-14-23(18)30-3)24(27)25-20-10-12-22(13-11-20)31(28,29)26-21-8-5-7-17(2)15-21/h4-5,7-16,26H,1,6H2,2-3H3,(H,25,27). The van der Waals surface area contributed by atoms with Crippen LogP contribution in [0.1, 0.15) is 21.5 Å². The Balaban J connectivity index is 1.73. The van der Waals surface area contributed by atoms with Gasteiger partial charge in [-0.05, 0) is 79.1 Å². The van der Waals surface area contributed by atoms with Crippen LogP contribution in [-0.4, -0.2) is 21.4 Å². The van der Waals surface area contributed by atoms with E-state index in [1.807, 2.05) is 13.0 Å². The van der Waals surface area contributed by atoms with Crippen LogP contribution in [0.15, 0.2) is 84.3 Å². The predicted octanol–water partition coefficient (Wildman–Crippen LogP) is 4.79. The second-order valence-corrected chi connectivity index (χ2v) is 8.66. The minimum Gasteiger partial charge on any atom is -0.496 e. The lowest BCUT2D eigenvalue weighted by Gasteiger charge is -2.11. The summed E-state index contributed by atoms with van der Waals surface area (Å²) in [6.07, 6.45) is 2.31. The number of hydrogen-bond donors (Lipinski definition) is 2. The maximum atomic E-state index is 12.6. The second-order valence-electron chi connectivity index (χ2n) is 6.97. The second kappa shape index (κ2) is 9.49. The number of anilines is 2. The number of rotatable bonds is 8. The molecule has 0 heterocycles. The van der Waals surface area contributed by atoms with Gasteiger partial charge in [-0.15, -0.1) is 6.58 Å². The number of carbonyl (C=O) groups excluding carboxylic acids is 1. The van der Waals surface area contributed by atoms with Gasteiger partial charge in [-0.25, -0.2) is 8.42 Å². The number of allylic oxidation sites excluding steroid dienone is 1. The van der Waals surface area contributed by atoms with Gasteiger partial charge >= 0.3 is 0 Å². The molecule has 31 heavy (non-hydrogen) atoms. The molecule has 2 N–H and O–H groups in total. The van der Waals surface area contributed by atoms with E-state index in [4.69, 9.17) is 4.74 Å². The molecule has 0 bridgehead atoms. The van der Waals surface area contributed by atoms with Crippen molar-refractivity contribution in [3.63, 3.8) is 0 Å². The quantitative estimate of drug-likeness (QED) is 0.498. The molecule has 0 aliphatic heterocycles. The Labute approximate surface area is 182 Å². The van der Waals surface area contributed by atoms with Crippen LogP contribution in [-0.2, 0) is 16.4 Å². The fourth-order valence-corrected chi connectivity index (χ4v) is 4.13. The minimum atomic E-state index is -3.73. The van der Waals surface area contributed by atoms with Crippen LogP contribution in [0, 0.1) is 6.92 Å². The number of carbonyl (C=O) groups is 1. The van der Waals surface area contributed by atoms with Crippen molar-refractivity contribution < 1.29 is 17.9 Å². The van der Waals surface area contributed by atoms with E-state index < -0.39 is 10.0 Å². The van der Waals surface area contributed by atoms with Gasteiger partial charge in [-0.2, -0.15) is 0 Å². The SMILES string of the molecule is C=CCc1cc(C(=O)Nc2ccc(S(=O)(=O)Nc3cccc(C)c3)cc2)ccc1OC. The Bertz CT molecular complexity index is 1200. The molecular formula is C24H24N2O4S. The van der Waals surface area contributed by atoms with Crippen LogP contribution in [0.4, 0.5) is 11.4 Å². The lowest BCUT2D eigenvalue weighted by molar-refractivity contribution is 0.102. The van der Waals surface area contributed by atoms with Crippen LogP contribution >= 0.6 is 0 Å². The Hall–Kier alpha value is -3.58. The van der Waals surface area contributed by atoms with Gasteiger partial charge in [0.05, 0.1) is 12.0 Å². The first-order chi connectivity index (χ1) is 14.8. The molecule has 0 spiro atoms. The Morgan fingerprint density at radius 3 is 2.42 bits per heavy atom. The van der Waals surface area contributed by atoms with E-state index in [2.05, 4.69) is 16.6 Å². The summed E-state index contributed by atoms with van der Waals surface area (Å²) in [7, 11) is -2.16. The minimum absolute atomic E-state index is 0.102. The molecule has 3 aromatic carbocycles. The van der Waals surface area contributed by atoms with Crippen LogP contribution in [0.25, 0.3) is 0 Å². The van der Waals surface area contributed by atoms with Crippen LogP contribution in [0.3, 0.4) is 0 Å². The van der Waals surface area contributed by atoms with Crippen molar-refractivity contribution in [3.05, 3.63) is 96.1 Å². The van der Waals surface area contributed by atoms with Gasteiger partial charge < -0.3 is 10.1 Å². The zero-order valence-corrected chi connectivity index (χ0v) is 18.2. The number of methoxy groups -OCH3 is 1. The fourth-order valence-electron chi connectivity index (χ4n) is 3.08. The van der Waals surface area contributed by atoms with E-state index in [-0.39, 0.29) is 10.8 Å². The van der Waals surface area contributed by atoms with E-state index in [9.17, 15) is 13.2 Å². The number of sulfonamides is 1. The highest BCUT2D eigenvalue weighted by atomic mass is 32.2.